The summed E-state index contributed by atoms with van der Waals surface area (Å²) in [6, 6.07) is 8.29. The van der Waals surface area contributed by atoms with E-state index in [2.05, 4.69) is 32.9 Å². The first-order valence-electron chi connectivity index (χ1n) is 7.00. The highest BCUT2D eigenvalue weighted by molar-refractivity contribution is 5.79. The molecule has 1 fully saturated rings. The van der Waals surface area contributed by atoms with E-state index in [0.29, 0.717) is 13.0 Å². The highest BCUT2D eigenvalue weighted by Crippen LogP contribution is 2.27. The maximum Gasteiger partial charge on any atom is 0.227 e. The van der Waals surface area contributed by atoms with Crippen LogP contribution in [-0.2, 0) is 11.2 Å². The summed E-state index contributed by atoms with van der Waals surface area (Å²) in [5.74, 6) is 0.184. The van der Waals surface area contributed by atoms with Crippen molar-refractivity contribution in [1.29, 1.82) is 0 Å². The Kier molecular flexibility index (Phi) is 3.95. The molecule has 104 valence electrons. The largest absolute Gasteiger partial charge is 0.336 e. The van der Waals surface area contributed by atoms with Gasteiger partial charge in [-0.2, -0.15) is 0 Å². The fraction of sp³-hybridized carbons (Fsp3) is 0.562. The van der Waals surface area contributed by atoms with Gasteiger partial charge in [0.25, 0.3) is 0 Å². The zero-order valence-electron chi connectivity index (χ0n) is 12.1. The van der Waals surface area contributed by atoms with Crippen molar-refractivity contribution in [2.45, 2.75) is 51.6 Å². The molecule has 1 atom stereocenters. The summed E-state index contributed by atoms with van der Waals surface area (Å²) in [6.07, 6.45) is 2.45. The molecule has 2 rings (SSSR count). The smallest absolute Gasteiger partial charge is 0.227 e. The third-order valence-electron chi connectivity index (χ3n) is 4.05. The highest BCUT2D eigenvalue weighted by Gasteiger charge is 2.35. The van der Waals surface area contributed by atoms with E-state index < -0.39 is 0 Å². The van der Waals surface area contributed by atoms with Crippen LogP contribution in [0, 0.1) is 6.92 Å². The van der Waals surface area contributed by atoms with Crippen molar-refractivity contribution in [1.82, 2.24) is 4.90 Å². The molecule has 0 saturated carbocycles. The Bertz CT molecular complexity index is 450. The maximum absolute atomic E-state index is 12.5. The summed E-state index contributed by atoms with van der Waals surface area (Å²) in [7, 11) is 0. The molecule has 0 aliphatic carbocycles. The minimum atomic E-state index is -0.0718. The van der Waals surface area contributed by atoms with Crippen LogP contribution in [0.5, 0.6) is 0 Å². The highest BCUT2D eigenvalue weighted by atomic mass is 16.2. The van der Waals surface area contributed by atoms with E-state index in [0.717, 1.165) is 18.4 Å². The average Bonchev–Trinajstić information content (AvgIpc) is 2.35. The van der Waals surface area contributed by atoms with Gasteiger partial charge in [0.1, 0.15) is 0 Å². The Morgan fingerprint density at radius 1 is 1.37 bits per heavy atom. The predicted octanol–water partition coefficient (Wildman–Crippen LogP) is 2.27. The lowest BCUT2D eigenvalue weighted by molar-refractivity contribution is -0.138. The van der Waals surface area contributed by atoms with Gasteiger partial charge in [0.15, 0.2) is 0 Å². The molecule has 0 aromatic heterocycles. The van der Waals surface area contributed by atoms with E-state index in [-0.39, 0.29) is 17.5 Å². The molecule has 1 aromatic carbocycles. The van der Waals surface area contributed by atoms with Crippen LogP contribution in [0.15, 0.2) is 24.3 Å². The first kappa shape index (κ1) is 14.1. The summed E-state index contributed by atoms with van der Waals surface area (Å²) >= 11 is 0. The summed E-state index contributed by atoms with van der Waals surface area (Å²) in [5, 5.41) is 0. The van der Waals surface area contributed by atoms with Crippen LogP contribution in [0.2, 0.25) is 0 Å². The number of piperidine rings is 1. The third-order valence-corrected chi connectivity index (χ3v) is 4.05. The molecule has 0 radical (unpaired) electrons. The number of nitrogens with zero attached hydrogens (tertiary/aromatic N) is 1. The molecule has 1 saturated heterocycles. The Balaban J connectivity index is 2.07. The number of nitrogens with two attached hydrogens (primary N) is 1. The lowest BCUT2D eigenvalue weighted by Gasteiger charge is -2.45. The van der Waals surface area contributed by atoms with Crippen LogP contribution < -0.4 is 5.73 Å². The summed E-state index contributed by atoms with van der Waals surface area (Å²) in [5.41, 5.74) is 8.23. The Labute approximate surface area is 115 Å². The molecule has 1 unspecified atom stereocenters. The Hall–Kier alpha value is -1.35. The van der Waals surface area contributed by atoms with Crippen molar-refractivity contribution in [3.8, 4) is 0 Å². The van der Waals surface area contributed by atoms with Crippen LogP contribution in [0.3, 0.4) is 0 Å². The molecule has 0 bridgehead atoms. The van der Waals surface area contributed by atoms with Gasteiger partial charge in [-0.15, -0.1) is 0 Å². The van der Waals surface area contributed by atoms with Gasteiger partial charge >= 0.3 is 0 Å². The number of carbonyl (C=O) groups is 1. The summed E-state index contributed by atoms with van der Waals surface area (Å²) in [6.45, 7) is 6.99. The zero-order chi connectivity index (χ0) is 14.0. The molecular formula is C16H24N2O. The standard InChI is InChI=1S/C16H24N2O/c1-12-4-6-13(7-5-12)10-15(19)18-11-14(17)8-9-16(18,2)3/h4-7,14H,8-11,17H2,1-3H3. The lowest BCUT2D eigenvalue weighted by atomic mass is 9.88. The van der Waals surface area contributed by atoms with E-state index in [9.17, 15) is 4.79 Å². The van der Waals surface area contributed by atoms with Crippen LogP contribution in [0.4, 0.5) is 0 Å². The van der Waals surface area contributed by atoms with Gasteiger partial charge in [-0.25, -0.2) is 0 Å². The number of carbonyl (C=O) groups excluding carboxylic acids is 1. The van der Waals surface area contributed by atoms with Crippen molar-refractivity contribution < 1.29 is 4.79 Å². The SMILES string of the molecule is Cc1ccc(CC(=O)N2CC(N)CCC2(C)C)cc1. The van der Waals surface area contributed by atoms with Crippen molar-refractivity contribution in [3.63, 3.8) is 0 Å². The zero-order valence-corrected chi connectivity index (χ0v) is 12.1. The molecule has 1 aliphatic heterocycles. The van der Waals surface area contributed by atoms with E-state index in [4.69, 9.17) is 5.73 Å². The van der Waals surface area contributed by atoms with Gasteiger partial charge < -0.3 is 10.6 Å². The number of hydrogen-bond acceptors (Lipinski definition) is 2. The van der Waals surface area contributed by atoms with Crippen LogP contribution in [-0.4, -0.2) is 28.9 Å². The van der Waals surface area contributed by atoms with E-state index in [1.165, 1.54) is 5.56 Å². The Morgan fingerprint density at radius 3 is 2.63 bits per heavy atom. The minimum Gasteiger partial charge on any atom is -0.336 e. The number of aryl methyl sites for hydroxylation is 1. The van der Waals surface area contributed by atoms with Crippen LogP contribution in [0.25, 0.3) is 0 Å². The summed E-state index contributed by atoms with van der Waals surface area (Å²) < 4.78 is 0. The van der Waals surface area contributed by atoms with E-state index in [1.807, 2.05) is 17.0 Å². The molecule has 2 N–H and O–H groups in total. The normalized spacial score (nSPS) is 22.3. The first-order chi connectivity index (χ1) is 8.88. The molecule has 3 heteroatoms. The van der Waals surface area contributed by atoms with Gasteiger partial charge in [0.05, 0.1) is 6.42 Å². The van der Waals surface area contributed by atoms with E-state index >= 15 is 0 Å². The van der Waals surface area contributed by atoms with Crippen LogP contribution in [0.1, 0.15) is 37.8 Å². The van der Waals surface area contributed by atoms with Gasteiger partial charge in [-0.1, -0.05) is 29.8 Å². The molecule has 3 nitrogen and oxygen atoms in total. The number of benzene rings is 1. The molecule has 19 heavy (non-hydrogen) atoms. The van der Waals surface area contributed by atoms with Gasteiger partial charge in [-0.05, 0) is 39.2 Å². The third kappa shape index (κ3) is 3.35. The van der Waals surface area contributed by atoms with Gasteiger partial charge in [-0.3, -0.25) is 4.79 Å². The first-order valence-corrected chi connectivity index (χ1v) is 7.00. The second-order valence-electron chi connectivity index (χ2n) is 6.28. The van der Waals surface area contributed by atoms with Crippen molar-refractivity contribution in [2.75, 3.05) is 6.54 Å². The molecule has 1 aliphatic rings. The Morgan fingerprint density at radius 2 is 2.00 bits per heavy atom. The lowest BCUT2D eigenvalue weighted by Crippen LogP contribution is -2.57. The molecule has 0 spiro atoms. The maximum atomic E-state index is 12.5. The van der Waals surface area contributed by atoms with Gasteiger partial charge in [0.2, 0.25) is 5.91 Å². The minimum absolute atomic E-state index is 0.0718. The van der Waals surface area contributed by atoms with Crippen molar-refractivity contribution in [3.05, 3.63) is 35.4 Å². The second-order valence-corrected chi connectivity index (χ2v) is 6.28. The molecule has 1 heterocycles. The molecular weight excluding hydrogens is 236 g/mol. The average molecular weight is 260 g/mol. The quantitative estimate of drug-likeness (QED) is 0.886. The summed E-state index contributed by atoms with van der Waals surface area (Å²) in [4.78, 5) is 14.4. The monoisotopic (exact) mass is 260 g/mol. The molecule has 1 aromatic rings. The van der Waals surface area contributed by atoms with Crippen molar-refractivity contribution in [2.24, 2.45) is 5.73 Å². The predicted molar refractivity (Wildman–Crippen MR) is 77.9 cm³/mol. The fourth-order valence-corrected chi connectivity index (χ4v) is 2.66. The second kappa shape index (κ2) is 5.33. The van der Waals surface area contributed by atoms with Gasteiger partial charge in [0, 0.05) is 18.1 Å². The number of hydrogen-bond donors (Lipinski definition) is 1. The number of rotatable bonds is 2. The van der Waals surface area contributed by atoms with Crippen molar-refractivity contribution >= 4 is 5.91 Å². The van der Waals surface area contributed by atoms with E-state index in [1.54, 1.807) is 0 Å². The number of likely N-dealkylation sites (tertiary alicyclic amines) is 1. The van der Waals surface area contributed by atoms with Crippen LogP contribution >= 0.6 is 0 Å². The molecule has 1 amide bonds. The topological polar surface area (TPSA) is 46.3 Å². The number of amides is 1. The fourth-order valence-electron chi connectivity index (χ4n) is 2.66.